The number of rotatable bonds is 4. The standard InChI is InChI=1S/C14H15FN2O3S/c1-9-3-5-12(11(15)7-9)17-21(18,19)14-8-10(16)4-6-13(14)20-2/h3-8,17H,16H2,1-2H3. The Kier molecular flexibility index (Phi) is 4.04. The molecule has 112 valence electrons. The van der Waals surface area contributed by atoms with Crippen LogP contribution in [0, 0.1) is 12.7 Å². The molecule has 5 nitrogen and oxygen atoms in total. The molecule has 0 saturated carbocycles. The molecule has 0 aliphatic heterocycles. The first-order chi connectivity index (χ1) is 9.83. The monoisotopic (exact) mass is 310 g/mol. The Bertz CT molecular complexity index is 776. The van der Waals surface area contributed by atoms with Gasteiger partial charge in [0, 0.05) is 5.69 Å². The number of methoxy groups -OCH3 is 1. The molecule has 21 heavy (non-hydrogen) atoms. The second kappa shape index (κ2) is 5.61. The fourth-order valence-corrected chi connectivity index (χ4v) is 3.08. The average Bonchev–Trinajstić information content (AvgIpc) is 2.42. The summed E-state index contributed by atoms with van der Waals surface area (Å²) in [6.07, 6.45) is 0. The number of benzene rings is 2. The van der Waals surface area contributed by atoms with E-state index in [9.17, 15) is 12.8 Å². The first kappa shape index (κ1) is 15.1. The van der Waals surface area contributed by atoms with Gasteiger partial charge in [0.05, 0.1) is 12.8 Å². The van der Waals surface area contributed by atoms with Crippen molar-refractivity contribution < 1.29 is 17.5 Å². The zero-order valence-corrected chi connectivity index (χ0v) is 12.4. The maximum atomic E-state index is 13.8. The van der Waals surface area contributed by atoms with Crippen molar-refractivity contribution in [2.24, 2.45) is 0 Å². The minimum Gasteiger partial charge on any atom is -0.495 e. The summed E-state index contributed by atoms with van der Waals surface area (Å²) in [5.74, 6) is -0.523. The number of nitrogens with two attached hydrogens (primary N) is 1. The van der Waals surface area contributed by atoms with Gasteiger partial charge in [-0.15, -0.1) is 0 Å². The lowest BCUT2D eigenvalue weighted by molar-refractivity contribution is 0.403. The number of anilines is 2. The SMILES string of the molecule is COc1ccc(N)cc1S(=O)(=O)Nc1ccc(C)cc1F. The van der Waals surface area contributed by atoms with Crippen LogP contribution in [-0.4, -0.2) is 15.5 Å². The molecule has 0 saturated heterocycles. The first-order valence-electron chi connectivity index (χ1n) is 6.06. The van der Waals surface area contributed by atoms with Crippen LogP contribution in [0.2, 0.25) is 0 Å². The smallest absolute Gasteiger partial charge is 0.265 e. The van der Waals surface area contributed by atoms with E-state index in [0.717, 1.165) is 0 Å². The lowest BCUT2D eigenvalue weighted by Gasteiger charge is -2.13. The highest BCUT2D eigenvalue weighted by atomic mass is 32.2. The highest BCUT2D eigenvalue weighted by Crippen LogP contribution is 2.28. The quantitative estimate of drug-likeness (QED) is 0.850. The minimum absolute atomic E-state index is 0.129. The van der Waals surface area contributed by atoms with E-state index < -0.39 is 15.8 Å². The fourth-order valence-electron chi connectivity index (χ4n) is 1.81. The van der Waals surface area contributed by atoms with Crippen molar-refractivity contribution in [1.29, 1.82) is 0 Å². The van der Waals surface area contributed by atoms with Gasteiger partial charge in [0.25, 0.3) is 10.0 Å². The number of sulfonamides is 1. The summed E-state index contributed by atoms with van der Waals surface area (Å²) >= 11 is 0. The summed E-state index contributed by atoms with van der Waals surface area (Å²) < 4.78 is 45.7. The van der Waals surface area contributed by atoms with Crippen molar-refractivity contribution in [3.63, 3.8) is 0 Å². The molecular weight excluding hydrogens is 295 g/mol. The van der Waals surface area contributed by atoms with E-state index >= 15 is 0 Å². The molecule has 0 fully saturated rings. The Hall–Kier alpha value is -2.28. The molecule has 2 aromatic rings. The topological polar surface area (TPSA) is 81.4 Å². The number of aryl methyl sites for hydroxylation is 1. The maximum absolute atomic E-state index is 13.8. The number of nitrogen functional groups attached to an aromatic ring is 1. The second-order valence-corrected chi connectivity index (χ2v) is 6.15. The predicted molar refractivity (Wildman–Crippen MR) is 79.4 cm³/mol. The van der Waals surface area contributed by atoms with Gasteiger partial charge in [-0.2, -0.15) is 0 Å². The van der Waals surface area contributed by atoms with Gasteiger partial charge in [-0.25, -0.2) is 12.8 Å². The number of halogens is 1. The van der Waals surface area contributed by atoms with Crippen LogP contribution in [0.15, 0.2) is 41.3 Å². The number of hydrogen-bond donors (Lipinski definition) is 2. The molecule has 2 rings (SSSR count). The Labute approximate surface area is 122 Å². The van der Waals surface area contributed by atoms with Crippen molar-refractivity contribution in [2.45, 2.75) is 11.8 Å². The Balaban J connectivity index is 2.45. The third-order valence-corrected chi connectivity index (χ3v) is 4.23. The van der Waals surface area contributed by atoms with Gasteiger partial charge in [-0.3, -0.25) is 4.72 Å². The molecule has 7 heteroatoms. The average molecular weight is 310 g/mol. The molecule has 3 N–H and O–H groups in total. The van der Waals surface area contributed by atoms with Crippen molar-refractivity contribution in [1.82, 2.24) is 0 Å². The zero-order chi connectivity index (χ0) is 15.6. The van der Waals surface area contributed by atoms with Gasteiger partial charge in [-0.05, 0) is 42.8 Å². The summed E-state index contributed by atoms with van der Waals surface area (Å²) in [7, 11) is -2.66. The van der Waals surface area contributed by atoms with Crippen molar-refractivity contribution in [2.75, 3.05) is 17.6 Å². The molecule has 0 bridgehead atoms. The molecule has 0 aliphatic rings. The van der Waals surface area contributed by atoms with Gasteiger partial charge in [0.2, 0.25) is 0 Å². The van der Waals surface area contributed by atoms with Crippen molar-refractivity contribution in [3.8, 4) is 5.75 Å². The fraction of sp³-hybridized carbons (Fsp3) is 0.143. The van der Waals surface area contributed by atoms with E-state index in [2.05, 4.69) is 4.72 Å². The number of ether oxygens (including phenoxy) is 1. The van der Waals surface area contributed by atoms with Crippen LogP contribution in [0.5, 0.6) is 5.75 Å². The summed E-state index contributed by atoms with van der Waals surface area (Å²) in [4.78, 5) is -0.148. The summed E-state index contributed by atoms with van der Waals surface area (Å²) in [5.41, 5.74) is 6.42. The molecule has 0 atom stereocenters. The largest absolute Gasteiger partial charge is 0.495 e. The van der Waals surface area contributed by atoms with Crippen LogP contribution in [0.4, 0.5) is 15.8 Å². The molecular formula is C14H15FN2O3S. The highest BCUT2D eigenvalue weighted by molar-refractivity contribution is 7.92. The predicted octanol–water partition coefficient (Wildman–Crippen LogP) is 2.53. The number of hydrogen-bond acceptors (Lipinski definition) is 4. The van der Waals surface area contributed by atoms with E-state index in [0.29, 0.717) is 5.56 Å². The molecule has 0 radical (unpaired) electrons. The molecule has 0 aliphatic carbocycles. The van der Waals surface area contributed by atoms with Crippen LogP contribution in [0.1, 0.15) is 5.56 Å². The van der Waals surface area contributed by atoms with Crippen molar-refractivity contribution in [3.05, 3.63) is 47.8 Å². The van der Waals surface area contributed by atoms with Crippen LogP contribution in [0.25, 0.3) is 0 Å². The van der Waals surface area contributed by atoms with E-state index in [1.165, 1.54) is 37.4 Å². The molecule has 0 aromatic heterocycles. The normalized spacial score (nSPS) is 11.2. The molecule has 0 spiro atoms. The maximum Gasteiger partial charge on any atom is 0.265 e. The first-order valence-corrected chi connectivity index (χ1v) is 7.54. The van der Waals surface area contributed by atoms with Crippen LogP contribution < -0.4 is 15.2 Å². The van der Waals surface area contributed by atoms with Crippen LogP contribution >= 0.6 is 0 Å². The van der Waals surface area contributed by atoms with Gasteiger partial charge in [-0.1, -0.05) is 6.07 Å². The van der Waals surface area contributed by atoms with Crippen LogP contribution in [0.3, 0.4) is 0 Å². The van der Waals surface area contributed by atoms with E-state index in [-0.39, 0.29) is 22.0 Å². The Morgan fingerprint density at radius 1 is 1.19 bits per heavy atom. The van der Waals surface area contributed by atoms with E-state index in [1.807, 2.05) is 0 Å². The number of nitrogens with one attached hydrogen (secondary N) is 1. The lowest BCUT2D eigenvalue weighted by Crippen LogP contribution is -2.15. The minimum atomic E-state index is -4.01. The Morgan fingerprint density at radius 2 is 1.90 bits per heavy atom. The summed E-state index contributed by atoms with van der Waals surface area (Å²) in [5, 5.41) is 0. The van der Waals surface area contributed by atoms with Gasteiger partial charge in [0.15, 0.2) is 0 Å². The lowest BCUT2D eigenvalue weighted by atomic mass is 10.2. The van der Waals surface area contributed by atoms with Gasteiger partial charge < -0.3 is 10.5 Å². The van der Waals surface area contributed by atoms with Crippen molar-refractivity contribution >= 4 is 21.4 Å². The molecule has 0 unspecified atom stereocenters. The molecule has 0 amide bonds. The zero-order valence-electron chi connectivity index (χ0n) is 11.6. The molecule has 2 aromatic carbocycles. The summed E-state index contributed by atoms with van der Waals surface area (Å²) in [6.45, 7) is 1.71. The Morgan fingerprint density at radius 3 is 2.52 bits per heavy atom. The summed E-state index contributed by atoms with van der Waals surface area (Å²) in [6, 6.07) is 8.43. The molecule has 0 heterocycles. The van der Waals surface area contributed by atoms with Gasteiger partial charge in [0.1, 0.15) is 16.5 Å². The third kappa shape index (κ3) is 3.25. The van der Waals surface area contributed by atoms with Crippen LogP contribution in [-0.2, 0) is 10.0 Å². The van der Waals surface area contributed by atoms with Gasteiger partial charge >= 0.3 is 0 Å². The highest BCUT2D eigenvalue weighted by Gasteiger charge is 2.21. The van der Waals surface area contributed by atoms with E-state index in [1.54, 1.807) is 13.0 Å². The third-order valence-electron chi connectivity index (χ3n) is 2.85. The second-order valence-electron chi connectivity index (χ2n) is 4.50. The van der Waals surface area contributed by atoms with E-state index in [4.69, 9.17) is 10.5 Å².